The molecule has 0 saturated heterocycles. The lowest BCUT2D eigenvalue weighted by molar-refractivity contribution is -0.153. The van der Waals surface area contributed by atoms with Crippen LogP contribution in [-0.2, 0) is 19.1 Å². The zero-order valence-corrected chi connectivity index (χ0v) is 22.3. The van der Waals surface area contributed by atoms with Crippen molar-refractivity contribution in [1.82, 2.24) is 0 Å². The number of rotatable bonds is 10. The Hall–Kier alpha value is -4.94. The first-order valence-corrected chi connectivity index (χ1v) is 11.9. The second kappa shape index (κ2) is 12.9. The summed E-state index contributed by atoms with van der Waals surface area (Å²) in [5.74, 6) is -10.2. The van der Waals surface area contributed by atoms with Crippen LogP contribution in [0.3, 0.4) is 0 Å². The summed E-state index contributed by atoms with van der Waals surface area (Å²) in [7, 11) is 1.91. The number of methoxy groups -OCH3 is 2. The van der Waals surface area contributed by atoms with Gasteiger partial charge in [0.1, 0.15) is 23.0 Å². The second-order valence-electron chi connectivity index (χ2n) is 8.75. The van der Waals surface area contributed by atoms with Crippen LogP contribution in [0.15, 0.2) is 71.2 Å². The Morgan fingerprint density at radius 1 is 0.953 bits per heavy atom. The number of allylic oxidation sites excluding steroid dienone is 1. The normalized spacial score (nSPS) is 15.7. The van der Waals surface area contributed by atoms with Gasteiger partial charge in [-0.05, 0) is 5.56 Å². The molecule has 43 heavy (non-hydrogen) atoms. The number of benzene rings is 2. The van der Waals surface area contributed by atoms with Crippen molar-refractivity contribution in [2.24, 2.45) is 5.73 Å². The lowest BCUT2D eigenvalue weighted by Gasteiger charge is -2.36. The summed E-state index contributed by atoms with van der Waals surface area (Å²) in [5, 5.41) is 10.1. The molecule has 0 aromatic heterocycles. The molecule has 1 atom stereocenters. The number of nitrogens with two attached hydrogens (primary N) is 1. The fourth-order valence-corrected chi connectivity index (χ4v) is 4.04. The minimum atomic E-state index is -4.87. The number of nitrogens with zero attached hydrogens (tertiary/aromatic N) is 2. The van der Waals surface area contributed by atoms with Crippen molar-refractivity contribution in [3.8, 4) is 17.6 Å². The molecule has 2 aromatic carbocycles. The first-order chi connectivity index (χ1) is 20.1. The molecule has 0 radical (unpaired) electrons. The second-order valence-corrected chi connectivity index (χ2v) is 8.75. The van der Waals surface area contributed by atoms with Gasteiger partial charge in [0.05, 0.1) is 43.0 Å². The van der Waals surface area contributed by atoms with Crippen LogP contribution in [-0.4, -0.2) is 57.9 Å². The Labute approximate surface area is 239 Å². The minimum absolute atomic E-state index is 0.309. The van der Waals surface area contributed by atoms with E-state index in [0.717, 1.165) is 31.3 Å². The van der Waals surface area contributed by atoms with Crippen LogP contribution in [0, 0.1) is 11.3 Å². The van der Waals surface area contributed by atoms with Crippen LogP contribution in [0.5, 0.6) is 11.5 Å². The zero-order chi connectivity index (χ0) is 32.1. The van der Waals surface area contributed by atoms with Gasteiger partial charge in [-0.15, -0.1) is 0 Å². The minimum Gasteiger partial charge on any atom is -0.487 e. The highest BCUT2D eigenvalue weighted by Gasteiger charge is 2.44. The van der Waals surface area contributed by atoms with Gasteiger partial charge in [-0.3, -0.25) is 4.90 Å². The SMILES string of the molecule is COC(=O)C1=C(C(=O)OC)N(c2cc(OCC(F)(F)F)cc(OCC(F)(F)C(F)F)c2)C(N)=C(C#N)C1c1ccccc1. The van der Waals surface area contributed by atoms with Gasteiger partial charge in [0.15, 0.2) is 13.2 Å². The van der Waals surface area contributed by atoms with Crippen molar-refractivity contribution >= 4 is 17.6 Å². The molecule has 1 aliphatic heterocycles. The molecule has 0 saturated carbocycles. The van der Waals surface area contributed by atoms with Crippen LogP contribution in [0.2, 0.25) is 0 Å². The Kier molecular flexibility index (Phi) is 9.79. The number of hydrogen-bond acceptors (Lipinski definition) is 9. The summed E-state index contributed by atoms with van der Waals surface area (Å²) in [6.07, 6.45) is -9.00. The van der Waals surface area contributed by atoms with Gasteiger partial charge in [0.2, 0.25) is 0 Å². The molecule has 2 aromatic rings. The fourth-order valence-electron chi connectivity index (χ4n) is 4.04. The van der Waals surface area contributed by atoms with Crippen molar-refractivity contribution in [3.05, 3.63) is 76.8 Å². The maximum absolute atomic E-state index is 13.6. The average molecular weight is 617 g/mol. The van der Waals surface area contributed by atoms with E-state index in [9.17, 15) is 45.6 Å². The molecule has 0 bridgehead atoms. The van der Waals surface area contributed by atoms with Crippen molar-refractivity contribution in [3.63, 3.8) is 0 Å². The number of carbonyl (C=O) groups is 2. The smallest absolute Gasteiger partial charge is 0.422 e. The number of hydrogen-bond donors (Lipinski definition) is 1. The van der Waals surface area contributed by atoms with E-state index in [0.29, 0.717) is 11.6 Å². The molecule has 9 nitrogen and oxygen atoms in total. The van der Waals surface area contributed by atoms with Crippen LogP contribution in [0.4, 0.5) is 36.4 Å². The number of carbonyl (C=O) groups excluding carboxylic acids is 2. The topological polar surface area (TPSA) is 124 Å². The van der Waals surface area contributed by atoms with Gasteiger partial charge in [-0.1, -0.05) is 30.3 Å². The lowest BCUT2D eigenvalue weighted by Crippen LogP contribution is -2.40. The van der Waals surface area contributed by atoms with E-state index < -0.39 is 83.9 Å². The fraction of sp³-hybridized carbons (Fsp3) is 0.296. The molecule has 0 spiro atoms. The van der Waals surface area contributed by atoms with Gasteiger partial charge in [0.25, 0.3) is 0 Å². The molecular formula is C27H22F7N3O6. The third-order valence-corrected chi connectivity index (χ3v) is 5.89. The van der Waals surface area contributed by atoms with Gasteiger partial charge >= 0.3 is 30.5 Å². The quantitative estimate of drug-likeness (QED) is 0.296. The molecular weight excluding hydrogens is 595 g/mol. The van der Waals surface area contributed by atoms with Crippen LogP contribution < -0.4 is 20.1 Å². The summed E-state index contributed by atoms with van der Waals surface area (Å²) in [5.41, 5.74) is 4.72. The standard InChI is InChI=1S/C27H22F7N3O6/c1-40-23(38)20-19(14-6-4-3-5-7-14)18(11-35)22(36)37(21(20)24(39)41-2)15-8-16(42-12-26(30,31)25(28)29)10-17(9-15)43-13-27(32,33)34/h3-10,19,25H,12-13,36H2,1-2H3. The van der Waals surface area contributed by atoms with E-state index in [4.69, 9.17) is 24.7 Å². The first-order valence-electron chi connectivity index (χ1n) is 11.9. The van der Waals surface area contributed by atoms with Gasteiger partial charge < -0.3 is 24.7 Å². The van der Waals surface area contributed by atoms with Crippen molar-refractivity contribution in [2.45, 2.75) is 24.4 Å². The summed E-state index contributed by atoms with van der Waals surface area (Å²) in [6.45, 7) is -3.77. The molecule has 1 heterocycles. The highest BCUT2D eigenvalue weighted by molar-refractivity contribution is 6.06. The molecule has 2 N–H and O–H groups in total. The van der Waals surface area contributed by atoms with Gasteiger partial charge in [-0.2, -0.15) is 27.2 Å². The molecule has 0 amide bonds. The maximum atomic E-state index is 13.6. The maximum Gasteiger partial charge on any atom is 0.422 e. The summed E-state index contributed by atoms with van der Waals surface area (Å²) >= 11 is 0. The predicted molar refractivity (Wildman–Crippen MR) is 134 cm³/mol. The Balaban J connectivity index is 2.33. The number of alkyl halides is 7. The predicted octanol–water partition coefficient (Wildman–Crippen LogP) is 4.80. The highest BCUT2D eigenvalue weighted by Crippen LogP contribution is 2.44. The van der Waals surface area contributed by atoms with Crippen LogP contribution >= 0.6 is 0 Å². The van der Waals surface area contributed by atoms with E-state index in [1.807, 2.05) is 6.07 Å². The van der Waals surface area contributed by atoms with E-state index in [1.54, 1.807) is 18.2 Å². The first kappa shape index (κ1) is 32.6. The van der Waals surface area contributed by atoms with Crippen molar-refractivity contribution in [1.29, 1.82) is 5.26 Å². The number of ether oxygens (including phenoxy) is 4. The molecule has 1 aliphatic rings. The molecule has 3 rings (SSSR count). The Morgan fingerprint density at radius 3 is 2.00 bits per heavy atom. The third-order valence-electron chi connectivity index (χ3n) is 5.89. The van der Waals surface area contributed by atoms with Crippen molar-refractivity contribution in [2.75, 3.05) is 32.3 Å². The molecule has 0 aliphatic carbocycles. The monoisotopic (exact) mass is 617 g/mol. The Bertz CT molecular complexity index is 1470. The highest BCUT2D eigenvalue weighted by atomic mass is 19.4. The Morgan fingerprint density at radius 2 is 1.51 bits per heavy atom. The lowest BCUT2D eigenvalue weighted by atomic mass is 9.81. The number of anilines is 1. The van der Waals surface area contributed by atoms with Crippen LogP contribution in [0.25, 0.3) is 0 Å². The molecule has 230 valence electrons. The van der Waals surface area contributed by atoms with Crippen molar-refractivity contribution < 1.29 is 59.3 Å². The van der Waals surface area contributed by atoms with E-state index in [1.165, 1.54) is 12.1 Å². The van der Waals surface area contributed by atoms with Crippen LogP contribution in [0.1, 0.15) is 11.5 Å². The number of esters is 2. The van der Waals surface area contributed by atoms with Gasteiger partial charge in [0, 0.05) is 18.2 Å². The summed E-state index contributed by atoms with van der Waals surface area (Å²) in [6, 6.07) is 12.0. The third kappa shape index (κ3) is 7.29. The summed E-state index contributed by atoms with van der Waals surface area (Å²) < 4.78 is 111. The number of nitriles is 1. The molecule has 16 heteroatoms. The average Bonchev–Trinajstić information content (AvgIpc) is 2.97. The molecule has 1 unspecified atom stereocenters. The number of halogens is 7. The zero-order valence-electron chi connectivity index (χ0n) is 22.3. The van der Waals surface area contributed by atoms with E-state index >= 15 is 0 Å². The van der Waals surface area contributed by atoms with Gasteiger partial charge in [-0.25, -0.2) is 18.4 Å². The summed E-state index contributed by atoms with van der Waals surface area (Å²) in [4.78, 5) is 27.0. The largest absolute Gasteiger partial charge is 0.487 e. The molecule has 0 fully saturated rings. The van der Waals surface area contributed by atoms with E-state index in [-0.39, 0.29) is 5.57 Å². The van der Waals surface area contributed by atoms with E-state index in [2.05, 4.69) is 0 Å².